The summed E-state index contributed by atoms with van der Waals surface area (Å²) in [5.74, 6) is -0.869. The Morgan fingerprint density at radius 3 is 2.30 bits per heavy atom. The first-order valence-electron chi connectivity index (χ1n) is 11.4. The van der Waals surface area contributed by atoms with Crippen LogP contribution >= 0.6 is 0 Å². The lowest BCUT2D eigenvalue weighted by molar-refractivity contribution is -0.136. The fourth-order valence-corrected chi connectivity index (χ4v) is 3.06. The fraction of sp³-hybridized carbons (Fsp3) is 0.185. The number of nitrogens with zero attached hydrogens (tertiary/aromatic N) is 1. The van der Waals surface area contributed by atoms with Gasteiger partial charge in [-0.05, 0) is 66.6 Å². The Bertz CT molecular complexity index is 1270. The van der Waals surface area contributed by atoms with Gasteiger partial charge in [-0.1, -0.05) is 19.1 Å². The van der Waals surface area contributed by atoms with E-state index < -0.39 is 17.8 Å². The van der Waals surface area contributed by atoms with Crippen LogP contribution in [0.1, 0.15) is 29.3 Å². The monoisotopic (exact) mass is 505 g/mol. The maximum Gasteiger partial charge on any atom is 0.343 e. The maximum atomic E-state index is 12.5. The van der Waals surface area contributed by atoms with Crippen molar-refractivity contribution in [1.29, 1.82) is 0 Å². The number of hydrogen-bond acceptors (Lipinski definition) is 8. The molecule has 0 saturated carbocycles. The Morgan fingerprint density at radius 2 is 1.59 bits per heavy atom. The molecule has 10 heteroatoms. The lowest BCUT2D eigenvalue weighted by Crippen LogP contribution is -2.32. The van der Waals surface area contributed by atoms with E-state index in [4.69, 9.17) is 18.9 Å². The van der Waals surface area contributed by atoms with E-state index in [9.17, 15) is 14.4 Å². The van der Waals surface area contributed by atoms with E-state index in [-0.39, 0.29) is 11.5 Å². The van der Waals surface area contributed by atoms with Crippen molar-refractivity contribution in [1.82, 2.24) is 5.43 Å². The van der Waals surface area contributed by atoms with Crippen LogP contribution in [0.2, 0.25) is 0 Å². The Kier molecular flexibility index (Phi) is 9.60. The molecule has 0 radical (unpaired) electrons. The number of carbonyl (C=O) groups excluding carboxylic acids is 3. The van der Waals surface area contributed by atoms with Crippen LogP contribution in [0.4, 0.5) is 5.69 Å². The Morgan fingerprint density at radius 1 is 0.865 bits per heavy atom. The van der Waals surface area contributed by atoms with Crippen LogP contribution < -0.4 is 29.7 Å². The number of para-hydroxylation sites is 2. The number of carbonyl (C=O) groups is 3. The maximum absolute atomic E-state index is 12.5. The van der Waals surface area contributed by atoms with Gasteiger partial charge in [0.25, 0.3) is 0 Å². The van der Waals surface area contributed by atoms with Gasteiger partial charge in [0.1, 0.15) is 11.5 Å². The molecular weight excluding hydrogens is 478 g/mol. The third-order valence-corrected chi connectivity index (χ3v) is 4.89. The highest BCUT2D eigenvalue weighted by atomic mass is 16.6. The standard InChI is InChI=1S/C27H27N3O7/c1-4-15-36-20-12-10-19(11-13-20)27(33)37-23-14-9-18(16-24(23)35-3)17-28-30-26(32)25(31)29-21-7-5-6-8-22(21)34-2/h5-14,16-17H,4,15H2,1-3H3,(H,29,31)(H,30,32)/b28-17+. The highest BCUT2D eigenvalue weighted by Crippen LogP contribution is 2.28. The predicted octanol–water partition coefficient (Wildman–Crippen LogP) is 3.80. The van der Waals surface area contributed by atoms with E-state index in [0.29, 0.717) is 34.9 Å². The van der Waals surface area contributed by atoms with Crippen LogP contribution in [0.15, 0.2) is 71.8 Å². The SMILES string of the molecule is CCCOc1ccc(C(=O)Oc2ccc(/C=N/NC(=O)C(=O)Nc3ccccc3OC)cc2OC)cc1. The van der Waals surface area contributed by atoms with Crippen LogP contribution in [0.25, 0.3) is 0 Å². The summed E-state index contributed by atoms with van der Waals surface area (Å²) in [6.07, 6.45) is 2.20. The van der Waals surface area contributed by atoms with E-state index in [1.807, 2.05) is 6.92 Å². The second-order valence-electron chi connectivity index (χ2n) is 7.53. The summed E-state index contributed by atoms with van der Waals surface area (Å²) in [6.45, 7) is 2.60. The molecule has 0 atom stereocenters. The molecule has 0 aliphatic carbocycles. The average Bonchev–Trinajstić information content (AvgIpc) is 2.93. The molecule has 0 saturated heterocycles. The number of methoxy groups -OCH3 is 2. The minimum atomic E-state index is -0.967. The van der Waals surface area contributed by atoms with Crippen LogP contribution in [0.5, 0.6) is 23.0 Å². The smallest absolute Gasteiger partial charge is 0.343 e. The number of anilines is 1. The third-order valence-electron chi connectivity index (χ3n) is 4.89. The number of rotatable bonds is 10. The van der Waals surface area contributed by atoms with Gasteiger partial charge >= 0.3 is 17.8 Å². The molecule has 0 spiro atoms. The Hall–Kier alpha value is -4.86. The van der Waals surface area contributed by atoms with E-state index in [0.717, 1.165) is 6.42 Å². The quantitative estimate of drug-likeness (QED) is 0.141. The summed E-state index contributed by atoms with van der Waals surface area (Å²) in [6, 6.07) is 18.0. The molecule has 10 nitrogen and oxygen atoms in total. The lowest BCUT2D eigenvalue weighted by Gasteiger charge is -2.10. The zero-order valence-corrected chi connectivity index (χ0v) is 20.6. The van der Waals surface area contributed by atoms with Gasteiger partial charge in [-0.2, -0.15) is 5.10 Å². The molecule has 0 bridgehead atoms. The van der Waals surface area contributed by atoms with Crippen LogP contribution in [0, 0.1) is 0 Å². The van der Waals surface area contributed by atoms with Crippen molar-refractivity contribution in [3.8, 4) is 23.0 Å². The Balaban J connectivity index is 1.59. The summed E-state index contributed by atoms with van der Waals surface area (Å²) < 4.78 is 21.4. The molecule has 3 rings (SSSR count). The number of hydrazone groups is 1. The van der Waals surface area contributed by atoms with Crippen molar-refractivity contribution >= 4 is 29.7 Å². The highest BCUT2D eigenvalue weighted by Gasteiger charge is 2.16. The molecule has 0 unspecified atom stereocenters. The van der Waals surface area contributed by atoms with Crippen LogP contribution in [-0.4, -0.2) is 44.8 Å². The molecule has 2 amide bonds. The van der Waals surface area contributed by atoms with Gasteiger partial charge in [-0.3, -0.25) is 9.59 Å². The minimum Gasteiger partial charge on any atom is -0.495 e. The van der Waals surface area contributed by atoms with Gasteiger partial charge in [0.15, 0.2) is 11.5 Å². The summed E-state index contributed by atoms with van der Waals surface area (Å²) in [7, 11) is 2.88. The van der Waals surface area contributed by atoms with E-state index in [1.165, 1.54) is 26.5 Å². The lowest BCUT2D eigenvalue weighted by atomic mass is 10.2. The number of benzene rings is 3. The number of hydrogen-bond donors (Lipinski definition) is 2. The molecule has 3 aromatic carbocycles. The fourth-order valence-electron chi connectivity index (χ4n) is 3.06. The predicted molar refractivity (Wildman–Crippen MR) is 138 cm³/mol. The summed E-state index contributed by atoms with van der Waals surface area (Å²) in [5.41, 5.74) is 3.38. The van der Waals surface area contributed by atoms with Crippen molar-refractivity contribution < 1.29 is 33.3 Å². The first kappa shape index (κ1) is 26.7. The summed E-state index contributed by atoms with van der Waals surface area (Å²) >= 11 is 0. The van der Waals surface area contributed by atoms with Crippen molar-refractivity contribution in [2.45, 2.75) is 13.3 Å². The molecule has 0 aliphatic rings. The molecule has 37 heavy (non-hydrogen) atoms. The first-order chi connectivity index (χ1) is 17.9. The number of nitrogens with one attached hydrogen (secondary N) is 2. The molecule has 192 valence electrons. The first-order valence-corrected chi connectivity index (χ1v) is 11.4. The normalized spacial score (nSPS) is 10.5. The van der Waals surface area contributed by atoms with Crippen LogP contribution in [-0.2, 0) is 9.59 Å². The second kappa shape index (κ2) is 13.3. The zero-order valence-electron chi connectivity index (χ0n) is 20.6. The van der Waals surface area contributed by atoms with Gasteiger partial charge in [-0.15, -0.1) is 0 Å². The third kappa shape index (κ3) is 7.56. The summed E-state index contributed by atoms with van der Waals surface area (Å²) in [4.78, 5) is 36.7. The largest absolute Gasteiger partial charge is 0.495 e. The van der Waals surface area contributed by atoms with Gasteiger partial charge in [0.05, 0.1) is 38.3 Å². The van der Waals surface area contributed by atoms with E-state index in [1.54, 1.807) is 60.7 Å². The molecule has 0 heterocycles. The average molecular weight is 506 g/mol. The summed E-state index contributed by atoms with van der Waals surface area (Å²) in [5, 5.41) is 6.25. The molecule has 0 fully saturated rings. The van der Waals surface area contributed by atoms with Crippen LogP contribution in [0.3, 0.4) is 0 Å². The highest BCUT2D eigenvalue weighted by molar-refractivity contribution is 6.39. The van der Waals surface area contributed by atoms with E-state index in [2.05, 4.69) is 15.8 Å². The zero-order chi connectivity index (χ0) is 26.6. The van der Waals surface area contributed by atoms with Crippen molar-refractivity contribution in [2.75, 3.05) is 26.1 Å². The molecular formula is C27H27N3O7. The molecule has 3 aromatic rings. The van der Waals surface area contributed by atoms with Gasteiger partial charge in [0, 0.05) is 0 Å². The minimum absolute atomic E-state index is 0.205. The molecule has 0 aromatic heterocycles. The second-order valence-corrected chi connectivity index (χ2v) is 7.53. The van der Waals surface area contributed by atoms with Gasteiger partial charge in [-0.25, -0.2) is 10.2 Å². The molecule has 2 N–H and O–H groups in total. The molecule has 0 aliphatic heterocycles. The Labute approximate surface area is 214 Å². The topological polar surface area (TPSA) is 125 Å². The number of esters is 1. The van der Waals surface area contributed by atoms with E-state index >= 15 is 0 Å². The van der Waals surface area contributed by atoms with Crippen molar-refractivity contribution in [3.63, 3.8) is 0 Å². The van der Waals surface area contributed by atoms with Gasteiger partial charge < -0.3 is 24.3 Å². The number of ether oxygens (including phenoxy) is 4. The number of amides is 2. The van der Waals surface area contributed by atoms with Crippen molar-refractivity contribution in [3.05, 3.63) is 77.9 Å². The van der Waals surface area contributed by atoms with Gasteiger partial charge in [0.2, 0.25) is 0 Å². The van der Waals surface area contributed by atoms with Crippen molar-refractivity contribution in [2.24, 2.45) is 5.10 Å².